The molecule has 0 unspecified atom stereocenters. The average Bonchev–Trinajstić information content (AvgIpc) is 2.74. The van der Waals surface area contributed by atoms with Gasteiger partial charge in [0.1, 0.15) is 34.1 Å². The van der Waals surface area contributed by atoms with E-state index in [1.54, 1.807) is 0 Å². The summed E-state index contributed by atoms with van der Waals surface area (Å²) in [7, 11) is 0. The Bertz CT molecular complexity index is 1150. The Kier molecular flexibility index (Phi) is 6.06. The molecule has 0 amide bonds. The van der Waals surface area contributed by atoms with Crippen LogP contribution < -0.4 is 9.47 Å². The maximum absolute atomic E-state index is 11.5. The summed E-state index contributed by atoms with van der Waals surface area (Å²) in [4.78, 5) is 45.1. The van der Waals surface area contributed by atoms with Gasteiger partial charge in [0.15, 0.2) is 0 Å². The lowest BCUT2D eigenvalue weighted by atomic mass is 10.1. The Hall–Kier alpha value is -4.86. The van der Waals surface area contributed by atoms with Gasteiger partial charge in [-0.2, -0.15) is 0 Å². The predicted molar refractivity (Wildman–Crippen MR) is 107 cm³/mol. The summed E-state index contributed by atoms with van der Waals surface area (Å²) in [5, 5.41) is 36.8. The summed E-state index contributed by atoms with van der Waals surface area (Å²) in [5.74, 6) is -5.33. The van der Waals surface area contributed by atoms with Crippen molar-refractivity contribution in [2.75, 3.05) is 0 Å². The van der Waals surface area contributed by atoms with Crippen molar-refractivity contribution in [3.8, 4) is 23.0 Å². The minimum atomic E-state index is -1.39. The van der Waals surface area contributed by atoms with E-state index < -0.39 is 23.9 Å². The van der Waals surface area contributed by atoms with Crippen molar-refractivity contribution >= 4 is 23.9 Å². The molecule has 0 aliphatic carbocycles. The van der Waals surface area contributed by atoms with Crippen LogP contribution in [-0.2, 0) is 0 Å². The van der Waals surface area contributed by atoms with Gasteiger partial charge < -0.3 is 29.9 Å². The van der Waals surface area contributed by atoms with E-state index in [0.717, 1.165) is 12.1 Å². The summed E-state index contributed by atoms with van der Waals surface area (Å²) >= 11 is 0. The average molecular weight is 438 g/mol. The molecule has 0 aromatic heterocycles. The molecular weight excluding hydrogens is 424 g/mol. The Morgan fingerprint density at radius 2 is 0.938 bits per heavy atom. The number of carboxylic acid groups (broad SMARTS) is 4. The zero-order chi connectivity index (χ0) is 23.4. The van der Waals surface area contributed by atoms with Gasteiger partial charge >= 0.3 is 23.9 Å². The molecular formula is C22H14O10. The fraction of sp³-hybridized carbons (Fsp3) is 0. The van der Waals surface area contributed by atoms with Gasteiger partial charge in [-0.05, 0) is 48.5 Å². The van der Waals surface area contributed by atoms with Crippen LogP contribution in [0.15, 0.2) is 60.7 Å². The highest BCUT2D eigenvalue weighted by Crippen LogP contribution is 2.32. The van der Waals surface area contributed by atoms with Gasteiger partial charge in [-0.1, -0.05) is 6.07 Å². The highest BCUT2D eigenvalue weighted by molar-refractivity contribution is 5.96. The number of aromatic carboxylic acids is 4. The van der Waals surface area contributed by atoms with Crippen molar-refractivity contribution in [1.29, 1.82) is 0 Å². The van der Waals surface area contributed by atoms with Gasteiger partial charge in [0.05, 0.1) is 11.1 Å². The Labute approximate surface area is 179 Å². The first-order chi connectivity index (χ1) is 15.2. The lowest BCUT2D eigenvalue weighted by Crippen LogP contribution is -2.05. The van der Waals surface area contributed by atoms with Crippen LogP contribution in [0.4, 0.5) is 0 Å². The van der Waals surface area contributed by atoms with E-state index in [2.05, 4.69) is 0 Å². The van der Waals surface area contributed by atoms with Crippen molar-refractivity contribution in [2.24, 2.45) is 0 Å². The molecule has 3 aromatic carbocycles. The molecule has 0 bridgehead atoms. The zero-order valence-electron chi connectivity index (χ0n) is 16.0. The van der Waals surface area contributed by atoms with Crippen molar-refractivity contribution in [1.82, 2.24) is 0 Å². The summed E-state index contributed by atoms with van der Waals surface area (Å²) in [5.41, 5.74) is -1.18. The fourth-order valence-electron chi connectivity index (χ4n) is 2.69. The first-order valence-corrected chi connectivity index (χ1v) is 8.82. The number of carbonyl (C=O) groups is 4. The van der Waals surface area contributed by atoms with Gasteiger partial charge in [-0.25, -0.2) is 19.2 Å². The van der Waals surface area contributed by atoms with Crippen LogP contribution in [0.25, 0.3) is 0 Å². The van der Waals surface area contributed by atoms with E-state index in [-0.39, 0.29) is 45.3 Å². The minimum absolute atomic E-state index is 0.114. The number of hydrogen-bond donors (Lipinski definition) is 4. The van der Waals surface area contributed by atoms with Gasteiger partial charge in [0.2, 0.25) is 0 Å². The standard InChI is InChI=1S/C22H14O10/c23-19(24)11-4-6-17(15(8-11)21(27)28)31-13-2-1-3-14(10-13)32-18-7-5-12(20(25)26)9-16(18)22(29)30/h1-10H,(H,23,24)(H,25,26)(H,27,28)(H,29,30). The molecule has 3 aromatic rings. The molecule has 10 nitrogen and oxygen atoms in total. The van der Waals surface area contributed by atoms with Gasteiger partial charge in [0, 0.05) is 6.07 Å². The Morgan fingerprint density at radius 1 is 0.531 bits per heavy atom. The third-order valence-corrected chi connectivity index (χ3v) is 4.17. The van der Waals surface area contributed by atoms with Crippen molar-refractivity contribution in [2.45, 2.75) is 0 Å². The maximum atomic E-state index is 11.5. The molecule has 0 aliphatic heterocycles. The Morgan fingerprint density at radius 3 is 1.28 bits per heavy atom. The first-order valence-electron chi connectivity index (χ1n) is 8.82. The van der Waals surface area contributed by atoms with Crippen LogP contribution in [0.3, 0.4) is 0 Å². The fourth-order valence-corrected chi connectivity index (χ4v) is 2.69. The van der Waals surface area contributed by atoms with E-state index in [1.165, 1.54) is 48.5 Å². The summed E-state index contributed by atoms with van der Waals surface area (Å²) < 4.78 is 11.1. The zero-order valence-corrected chi connectivity index (χ0v) is 16.0. The molecule has 0 saturated carbocycles. The molecule has 0 saturated heterocycles. The quantitative estimate of drug-likeness (QED) is 0.402. The summed E-state index contributed by atoms with van der Waals surface area (Å²) in [6.07, 6.45) is 0. The summed E-state index contributed by atoms with van der Waals surface area (Å²) in [6, 6.07) is 12.5. The van der Waals surface area contributed by atoms with E-state index >= 15 is 0 Å². The molecule has 10 heteroatoms. The number of hydrogen-bond acceptors (Lipinski definition) is 6. The third kappa shape index (κ3) is 4.82. The SMILES string of the molecule is O=C(O)c1ccc(Oc2cccc(Oc3ccc(C(=O)O)cc3C(=O)O)c2)c(C(=O)O)c1. The molecule has 0 radical (unpaired) electrons. The normalized spacial score (nSPS) is 10.2. The van der Waals surface area contributed by atoms with Gasteiger partial charge in [0.25, 0.3) is 0 Å². The lowest BCUT2D eigenvalue weighted by molar-refractivity contribution is 0.0674. The van der Waals surface area contributed by atoms with Gasteiger partial charge in [-0.15, -0.1) is 0 Å². The van der Waals surface area contributed by atoms with E-state index in [1.807, 2.05) is 0 Å². The van der Waals surface area contributed by atoms with E-state index in [0.29, 0.717) is 0 Å². The molecule has 0 atom stereocenters. The molecule has 0 fully saturated rings. The number of benzene rings is 3. The van der Waals surface area contributed by atoms with Crippen LogP contribution in [0.5, 0.6) is 23.0 Å². The molecule has 32 heavy (non-hydrogen) atoms. The van der Waals surface area contributed by atoms with E-state index in [4.69, 9.17) is 19.7 Å². The second-order valence-electron chi connectivity index (χ2n) is 6.32. The number of ether oxygens (including phenoxy) is 2. The molecule has 0 heterocycles. The van der Waals surface area contributed by atoms with Crippen molar-refractivity contribution < 1.29 is 49.1 Å². The van der Waals surface area contributed by atoms with Crippen LogP contribution in [0.1, 0.15) is 41.4 Å². The topological polar surface area (TPSA) is 168 Å². The highest BCUT2D eigenvalue weighted by atomic mass is 16.5. The molecule has 162 valence electrons. The predicted octanol–water partition coefficient (Wildman–Crippen LogP) is 4.06. The van der Waals surface area contributed by atoms with Crippen LogP contribution >= 0.6 is 0 Å². The monoisotopic (exact) mass is 438 g/mol. The van der Waals surface area contributed by atoms with Crippen molar-refractivity contribution in [3.63, 3.8) is 0 Å². The largest absolute Gasteiger partial charge is 0.478 e. The molecule has 0 spiro atoms. The smallest absolute Gasteiger partial charge is 0.339 e. The minimum Gasteiger partial charge on any atom is -0.478 e. The van der Waals surface area contributed by atoms with Crippen LogP contribution in [0.2, 0.25) is 0 Å². The number of rotatable bonds is 8. The van der Waals surface area contributed by atoms with Gasteiger partial charge in [-0.3, -0.25) is 0 Å². The third-order valence-electron chi connectivity index (χ3n) is 4.17. The second-order valence-corrected chi connectivity index (χ2v) is 6.32. The molecule has 3 rings (SSSR count). The summed E-state index contributed by atoms with van der Waals surface area (Å²) in [6.45, 7) is 0. The van der Waals surface area contributed by atoms with Crippen molar-refractivity contribution in [3.05, 3.63) is 82.9 Å². The lowest BCUT2D eigenvalue weighted by Gasteiger charge is -2.12. The van der Waals surface area contributed by atoms with Crippen LogP contribution in [-0.4, -0.2) is 44.3 Å². The Balaban J connectivity index is 1.91. The second kappa shape index (κ2) is 8.88. The first kappa shape index (κ1) is 21.8. The van der Waals surface area contributed by atoms with Crippen LogP contribution in [0, 0.1) is 0 Å². The maximum Gasteiger partial charge on any atom is 0.339 e. The molecule has 4 N–H and O–H groups in total. The van der Waals surface area contributed by atoms with E-state index in [9.17, 15) is 29.4 Å². The number of carboxylic acids is 4. The highest BCUT2D eigenvalue weighted by Gasteiger charge is 2.18. The molecule has 0 aliphatic rings.